The lowest BCUT2D eigenvalue weighted by atomic mass is 9.99. The number of anilines is 1. The normalized spacial score (nSPS) is 14.4. The van der Waals surface area contributed by atoms with E-state index in [0.29, 0.717) is 30.8 Å². The Morgan fingerprint density at radius 1 is 1.06 bits per heavy atom. The minimum absolute atomic E-state index is 0.0103. The van der Waals surface area contributed by atoms with Crippen LogP contribution in [0.15, 0.2) is 77.7 Å². The van der Waals surface area contributed by atoms with Crippen molar-refractivity contribution in [2.24, 2.45) is 0 Å². The number of nitrogens with zero attached hydrogens (tertiary/aromatic N) is 3. The number of nitrogens with one attached hydrogen (secondary N) is 1. The van der Waals surface area contributed by atoms with Crippen LogP contribution in [0.2, 0.25) is 0 Å². The summed E-state index contributed by atoms with van der Waals surface area (Å²) in [7, 11) is 0. The monoisotopic (exact) mass is 456 g/mol. The molecule has 0 spiro atoms. The van der Waals surface area contributed by atoms with Gasteiger partial charge in [-0.25, -0.2) is 0 Å². The standard InChI is InChI=1S/C26H24N4O4/c31-25-16-19(10-13-27-25)26-23(6-3-7-24(26)30(32)33)29-14-11-21(12-15-29)34-17-20-9-8-18-4-1-2-5-22(18)28-20/h1-10,13,16,21H,11-12,14-15,17H2,(H,27,31). The maximum Gasteiger partial charge on any atom is 0.279 e. The lowest BCUT2D eigenvalue weighted by Gasteiger charge is -2.34. The highest BCUT2D eigenvalue weighted by Crippen LogP contribution is 2.39. The number of pyridine rings is 2. The van der Waals surface area contributed by atoms with E-state index in [9.17, 15) is 14.9 Å². The van der Waals surface area contributed by atoms with Crippen LogP contribution in [0.4, 0.5) is 11.4 Å². The Bertz CT molecular complexity index is 1390. The fraction of sp³-hybridized carbons (Fsp3) is 0.231. The maximum atomic E-state index is 11.9. The molecule has 34 heavy (non-hydrogen) atoms. The third-order valence-electron chi connectivity index (χ3n) is 6.19. The van der Waals surface area contributed by atoms with Crippen LogP contribution in [0.1, 0.15) is 18.5 Å². The minimum Gasteiger partial charge on any atom is -0.372 e. The summed E-state index contributed by atoms with van der Waals surface area (Å²) in [5.41, 5.74) is 3.31. The highest BCUT2D eigenvalue weighted by atomic mass is 16.6. The average molecular weight is 457 g/mol. The molecule has 0 saturated carbocycles. The largest absolute Gasteiger partial charge is 0.372 e. The quantitative estimate of drug-likeness (QED) is 0.334. The van der Waals surface area contributed by atoms with Crippen molar-refractivity contribution in [2.75, 3.05) is 18.0 Å². The predicted molar refractivity (Wildman–Crippen MR) is 131 cm³/mol. The zero-order valence-corrected chi connectivity index (χ0v) is 18.5. The number of rotatable bonds is 6. The van der Waals surface area contributed by atoms with E-state index in [1.807, 2.05) is 36.4 Å². The van der Waals surface area contributed by atoms with Gasteiger partial charge in [0.15, 0.2) is 0 Å². The van der Waals surface area contributed by atoms with E-state index in [2.05, 4.69) is 20.9 Å². The summed E-state index contributed by atoms with van der Waals surface area (Å²) >= 11 is 0. The third-order valence-corrected chi connectivity index (χ3v) is 6.19. The van der Waals surface area contributed by atoms with Gasteiger partial charge >= 0.3 is 0 Å². The first kappa shape index (κ1) is 21.8. The number of para-hydroxylation sites is 1. The van der Waals surface area contributed by atoms with Crippen molar-refractivity contribution in [3.8, 4) is 11.1 Å². The second kappa shape index (κ2) is 9.44. The molecule has 0 radical (unpaired) electrons. The highest BCUT2D eigenvalue weighted by molar-refractivity contribution is 5.86. The van der Waals surface area contributed by atoms with Gasteiger partial charge in [-0.05, 0) is 42.7 Å². The second-order valence-corrected chi connectivity index (χ2v) is 8.36. The molecule has 3 heterocycles. The molecule has 2 aromatic heterocycles. The predicted octanol–water partition coefficient (Wildman–Crippen LogP) is 4.68. The Hall–Kier alpha value is -4.04. The number of nitro benzene ring substituents is 1. The van der Waals surface area contributed by atoms with Crippen LogP contribution in [-0.2, 0) is 11.3 Å². The van der Waals surface area contributed by atoms with Crippen LogP contribution < -0.4 is 10.5 Å². The molecule has 1 saturated heterocycles. The molecule has 1 aliphatic rings. The first-order chi connectivity index (χ1) is 16.6. The molecule has 8 nitrogen and oxygen atoms in total. The SMILES string of the molecule is O=c1cc(-c2c(N3CCC(OCc4ccc5ccccc5n4)CC3)cccc2[N+](=O)[O-])cc[nH]1. The topological polar surface area (TPSA) is 101 Å². The Balaban J connectivity index is 1.30. The van der Waals surface area contributed by atoms with Gasteiger partial charge in [0.1, 0.15) is 0 Å². The minimum atomic E-state index is -0.396. The van der Waals surface area contributed by atoms with Gasteiger partial charge in [0.05, 0.1) is 40.1 Å². The van der Waals surface area contributed by atoms with Crippen LogP contribution in [0.3, 0.4) is 0 Å². The number of hydrogen-bond donors (Lipinski definition) is 1. The molecule has 1 fully saturated rings. The maximum absolute atomic E-state index is 11.9. The van der Waals surface area contributed by atoms with Gasteiger partial charge in [0, 0.05) is 36.8 Å². The molecule has 8 heteroatoms. The van der Waals surface area contributed by atoms with Gasteiger partial charge in [0.25, 0.3) is 5.69 Å². The van der Waals surface area contributed by atoms with E-state index in [0.717, 1.165) is 35.1 Å². The molecule has 1 N–H and O–H groups in total. The third kappa shape index (κ3) is 4.53. The summed E-state index contributed by atoms with van der Waals surface area (Å²) < 4.78 is 6.15. The van der Waals surface area contributed by atoms with E-state index < -0.39 is 4.92 Å². The van der Waals surface area contributed by atoms with Gasteiger partial charge in [-0.15, -0.1) is 0 Å². The first-order valence-electron chi connectivity index (χ1n) is 11.3. The smallest absolute Gasteiger partial charge is 0.279 e. The molecule has 4 aromatic rings. The number of benzene rings is 2. The van der Waals surface area contributed by atoms with Crippen molar-refractivity contribution in [1.29, 1.82) is 0 Å². The number of nitro groups is 1. The number of ether oxygens (including phenoxy) is 1. The number of aromatic amines is 1. The Labute approximate surface area is 196 Å². The number of fused-ring (bicyclic) bond motifs is 1. The van der Waals surface area contributed by atoms with Crippen LogP contribution in [0.25, 0.3) is 22.0 Å². The van der Waals surface area contributed by atoms with Crippen LogP contribution in [0, 0.1) is 10.1 Å². The molecule has 0 amide bonds. The van der Waals surface area contributed by atoms with Gasteiger partial charge in [-0.3, -0.25) is 19.9 Å². The lowest BCUT2D eigenvalue weighted by Crippen LogP contribution is -2.37. The fourth-order valence-corrected chi connectivity index (χ4v) is 4.50. The summed E-state index contributed by atoms with van der Waals surface area (Å²) in [4.78, 5) is 32.6. The molecule has 0 aliphatic carbocycles. The van der Waals surface area contributed by atoms with E-state index in [-0.39, 0.29) is 17.4 Å². The molecular weight excluding hydrogens is 432 g/mol. The second-order valence-electron chi connectivity index (χ2n) is 8.36. The van der Waals surface area contributed by atoms with E-state index in [1.165, 1.54) is 18.3 Å². The van der Waals surface area contributed by atoms with Crippen LogP contribution in [-0.4, -0.2) is 34.1 Å². The zero-order chi connectivity index (χ0) is 23.5. The van der Waals surface area contributed by atoms with E-state index >= 15 is 0 Å². The van der Waals surface area contributed by atoms with Crippen molar-refractivity contribution >= 4 is 22.3 Å². The van der Waals surface area contributed by atoms with Gasteiger partial charge in [0.2, 0.25) is 5.56 Å². The molecule has 172 valence electrons. The molecule has 2 aromatic carbocycles. The van der Waals surface area contributed by atoms with Gasteiger partial charge in [-0.1, -0.05) is 30.3 Å². The van der Waals surface area contributed by atoms with Crippen LogP contribution >= 0.6 is 0 Å². The Morgan fingerprint density at radius 2 is 1.88 bits per heavy atom. The Kier molecular flexibility index (Phi) is 6.05. The molecule has 0 atom stereocenters. The van der Waals surface area contributed by atoms with Crippen molar-refractivity contribution in [3.05, 3.63) is 99.1 Å². The van der Waals surface area contributed by atoms with E-state index in [1.54, 1.807) is 12.1 Å². The summed E-state index contributed by atoms with van der Waals surface area (Å²) in [5.74, 6) is 0. The molecule has 1 aliphatic heterocycles. The molecule has 0 unspecified atom stereocenters. The number of hydrogen-bond acceptors (Lipinski definition) is 6. The summed E-state index contributed by atoms with van der Waals surface area (Å²) in [6.07, 6.45) is 3.20. The summed E-state index contributed by atoms with van der Waals surface area (Å²) in [6, 6.07) is 20.2. The van der Waals surface area contributed by atoms with Crippen molar-refractivity contribution in [2.45, 2.75) is 25.6 Å². The van der Waals surface area contributed by atoms with Crippen molar-refractivity contribution < 1.29 is 9.66 Å². The Morgan fingerprint density at radius 3 is 2.68 bits per heavy atom. The van der Waals surface area contributed by atoms with Crippen molar-refractivity contribution in [1.82, 2.24) is 9.97 Å². The average Bonchev–Trinajstić information content (AvgIpc) is 2.87. The van der Waals surface area contributed by atoms with Gasteiger partial charge < -0.3 is 14.6 Å². The summed E-state index contributed by atoms with van der Waals surface area (Å²) in [6.45, 7) is 1.85. The molecule has 0 bridgehead atoms. The number of piperidine rings is 1. The van der Waals surface area contributed by atoms with Crippen LogP contribution in [0.5, 0.6) is 0 Å². The summed E-state index contributed by atoms with van der Waals surface area (Å²) in [5, 5.41) is 12.8. The lowest BCUT2D eigenvalue weighted by molar-refractivity contribution is -0.384. The molecular formula is C26H24N4O4. The van der Waals surface area contributed by atoms with Gasteiger partial charge in [-0.2, -0.15) is 0 Å². The van der Waals surface area contributed by atoms with Crippen molar-refractivity contribution in [3.63, 3.8) is 0 Å². The number of H-pyrrole nitrogens is 1. The zero-order valence-electron chi connectivity index (χ0n) is 18.5. The van der Waals surface area contributed by atoms with E-state index in [4.69, 9.17) is 4.74 Å². The highest BCUT2D eigenvalue weighted by Gasteiger charge is 2.26. The fourth-order valence-electron chi connectivity index (χ4n) is 4.50. The number of aromatic nitrogens is 2. The molecule has 5 rings (SSSR count). The first-order valence-corrected chi connectivity index (χ1v) is 11.3.